The van der Waals surface area contributed by atoms with E-state index in [1.165, 1.54) is 0 Å². The molecular weight excluding hydrogens is 204 g/mol. The van der Waals surface area contributed by atoms with E-state index in [4.69, 9.17) is 10.8 Å². The smallest absolute Gasteiger partial charge is 0.240 e. The van der Waals surface area contributed by atoms with E-state index in [1.807, 2.05) is 0 Å². The van der Waals surface area contributed by atoms with Gasteiger partial charge in [0.15, 0.2) is 0 Å². The Labute approximate surface area is 97.6 Å². The fourth-order valence-electron chi connectivity index (χ4n) is 1.93. The molecule has 1 rings (SSSR count). The molecule has 94 valence electrons. The minimum absolute atomic E-state index is 0.0178. The Balaban J connectivity index is 2.30. The van der Waals surface area contributed by atoms with E-state index >= 15 is 0 Å². The van der Waals surface area contributed by atoms with E-state index in [0.29, 0.717) is 6.54 Å². The third-order valence-corrected chi connectivity index (χ3v) is 3.44. The SMILES string of the molecule is CC(C)(CCCO)CNC(=O)C1(N)CCC1. The number of carbonyl (C=O) groups is 1. The van der Waals surface area contributed by atoms with Gasteiger partial charge in [-0.1, -0.05) is 13.8 Å². The fourth-order valence-corrected chi connectivity index (χ4v) is 1.93. The second-order valence-corrected chi connectivity index (χ2v) is 5.68. The van der Waals surface area contributed by atoms with Crippen molar-refractivity contribution in [3.05, 3.63) is 0 Å². The van der Waals surface area contributed by atoms with E-state index in [2.05, 4.69) is 19.2 Å². The van der Waals surface area contributed by atoms with Gasteiger partial charge < -0.3 is 16.2 Å². The Morgan fingerprint density at radius 1 is 1.50 bits per heavy atom. The number of rotatable bonds is 6. The van der Waals surface area contributed by atoms with Crippen LogP contribution in [0.5, 0.6) is 0 Å². The van der Waals surface area contributed by atoms with Crippen LogP contribution in [0.25, 0.3) is 0 Å². The summed E-state index contributed by atoms with van der Waals surface area (Å²) in [4.78, 5) is 11.8. The van der Waals surface area contributed by atoms with Crippen LogP contribution in [0.4, 0.5) is 0 Å². The molecule has 0 aromatic heterocycles. The number of hydrogen-bond donors (Lipinski definition) is 3. The van der Waals surface area contributed by atoms with Crippen LogP contribution in [0.3, 0.4) is 0 Å². The van der Waals surface area contributed by atoms with Gasteiger partial charge >= 0.3 is 0 Å². The molecule has 4 N–H and O–H groups in total. The van der Waals surface area contributed by atoms with Gasteiger partial charge in [-0.2, -0.15) is 0 Å². The van der Waals surface area contributed by atoms with Crippen molar-refractivity contribution in [2.24, 2.45) is 11.1 Å². The molecule has 16 heavy (non-hydrogen) atoms. The lowest BCUT2D eigenvalue weighted by Gasteiger charge is -2.37. The van der Waals surface area contributed by atoms with Crippen molar-refractivity contribution in [2.45, 2.75) is 51.5 Å². The zero-order chi connectivity index (χ0) is 12.2. The average molecular weight is 228 g/mol. The number of amides is 1. The summed E-state index contributed by atoms with van der Waals surface area (Å²) >= 11 is 0. The summed E-state index contributed by atoms with van der Waals surface area (Å²) in [6.07, 6.45) is 4.33. The lowest BCUT2D eigenvalue weighted by atomic mass is 9.76. The maximum absolute atomic E-state index is 11.8. The van der Waals surface area contributed by atoms with Crippen LogP contribution in [0.1, 0.15) is 46.0 Å². The summed E-state index contributed by atoms with van der Waals surface area (Å²) in [6.45, 7) is 5.02. The Morgan fingerprint density at radius 2 is 2.12 bits per heavy atom. The van der Waals surface area contributed by atoms with Crippen LogP contribution in [0, 0.1) is 5.41 Å². The van der Waals surface area contributed by atoms with Crippen LogP contribution >= 0.6 is 0 Å². The van der Waals surface area contributed by atoms with E-state index in [9.17, 15) is 4.79 Å². The molecule has 4 nitrogen and oxygen atoms in total. The molecule has 0 unspecified atom stereocenters. The first kappa shape index (κ1) is 13.5. The maximum Gasteiger partial charge on any atom is 0.240 e. The number of aliphatic hydroxyl groups is 1. The van der Waals surface area contributed by atoms with Crippen molar-refractivity contribution in [2.75, 3.05) is 13.2 Å². The molecule has 4 heteroatoms. The third kappa shape index (κ3) is 3.46. The second kappa shape index (κ2) is 5.15. The maximum atomic E-state index is 11.8. The average Bonchev–Trinajstić information content (AvgIpc) is 2.20. The Morgan fingerprint density at radius 3 is 2.56 bits per heavy atom. The summed E-state index contributed by atoms with van der Waals surface area (Å²) in [5, 5.41) is 11.7. The highest BCUT2D eigenvalue weighted by Gasteiger charge is 2.40. The van der Waals surface area contributed by atoms with Gasteiger partial charge in [-0.25, -0.2) is 0 Å². The van der Waals surface area contributed by atoms with Crippen molar-refractivity contribution in [3.63, 3.8) is 0 Å². The Kier molecular flexibility index (Phi) is 4.33. The quantitative estimate of drug-likeness (QED) is 0.629. The minimum atomic E-state index is -0.604. The number of nitrogens with one attached hydrogen (secondary N) is 1. The van der Waals surface area contributed by atoms with Gasteiger partial charge in [0, 0.05) is 13.2 Å². The molecule has 0 saturated heterocycles. The standard InChI is InChI=1S/C12H24N2O2/c1-11(2,5-4-8-15)9-14-10(16)12(13)6-3-7-12/h15H,3-9,13H2,1-2H3,(H,14,16). The first-order valence-electron chi connectivity index (χ1n) is 6.08. The van der Waals surface area contributed by atoms with E-state index < -0.39 is 5.54 Å². The summed E-state index contributed by atoms with van der Waals surface area (Å²) in [7, 11) is 0. The highest BCUT2D eigenvalue weighted by atomic mass is 16.2. The predicted octanol–water partition coefficient (Wildman–Crippen LogP) is 0.783. The Hall–Kier alpha value is -0.610. The molecule has 0 bridgehead atoms. The van der Waals surface area contributed by atoms with E-state index in [1.54, 1.807) is 0 Å². The molecule has 1 saturated carbocycles. The van der Waals surface area contributed by atoms with Gasteiger partial charge in [-0.3, -0.25) is 4.79 Å². The lowest BCUT2D eigenvalue weighted by Crippen LogP contribution is -2.59. The molecule has 0 radical (unpaired) electrons. The molecule has 1 aliphatic rings. The van der Waals surface area contributed by atoms with Crippen molar-refractivity contribution in [1.29, 1.82) is 0 Å². The van der Waals surface area contributed by atoms with Crippen molar-refractivity contribution in [3.8, 4) is 0 Å². The number of aliphatic hydroxyl groups excluding tert-OH is 1. The number of carbonyl (C=O) groups excluding carboxylic acids is 1. The third-order valence-electron chi connectivity index (χ3n) is 3.44. The van der Waals surface area contributed by atoms with Gasteiger partial charge in [0.1, 0.15) is 0 Å². The van der Waals surface area contributed by atoms with Crippen LogP contribution in [0.15, 0.2) is 0 Å². The fraction of sp³-hybridized carbons (Fsp3) is 0.917. The molecule has 0 aromatic carbocycles. The molecule has 1 aliphatic carbocycles. The van der Waals surface area contributed by atoms with Crippen LogP contribution < -0.4 is 11.1 Å². The monoisotopic (exact) mass is 228 g/mol. The van der Waals surface area contributed by atoms with Gasteiger partial charge in [-0.05, 0) is 37.5 Å². The topological polar surface area (TPSA) is 75.3 Å². The minimum Gasteiger partial charge on any atom is -0.396 e. The highest BCUT2D eigenvalue weighted by Crippen LogP contribution is 2.29. The van der Waals surface area contributed by atoms with E-state index in [0.717, 1.165) is 32.1 Å². The van der Waals surface area contributed by atoms with Gasteiger partial charge in [0.25, 0.3) is 0 Å². The first-order chi connectivity index (χ1) is 7.40. The van der Waals surface area contributed by atoms with Crippen LogP contribution in [-0.2, 0) is 4.79 Å². The summed E-state index contributed by atoms with van der Waals surface area (Å²) in [5.74, 6) is -0.0178. The predicted molar refractivity (Wildman–Crippen MR) is 63.9 cm³/mol. The highest BCUT2D eigenvalue weighted by molar-refractivity contribution is 5.87. The van der Waals surface area contributed by atoms with Gasteiger partial charge in [0.05, 0.1) is 5.54 Å². The van der Waals surface area contributed by atoms with Gasteiger partial charge in [0.2, 0.25) is 5.91 Å². The summed E-state index contributed by atoms with van der Waals surface area (Å²) < 4.78 is 0. The first-order valence-corrected chi connectivity index (χ1v) is 6.08. The van der Waals surface area contributed by atoms with Crippen molar-refractivity contribution in [1.82, 2.24) is 5.32 Å². The normalized spacial score (nSPS) is 19.0. The largest absolute Gasteiger partial charge is 0.396 e. The van der Waals surface area contributed by atoms with E-state index in [-0.39, 0.29) is 17.9 Å². The molecule has 0 heterocycles. The molecule has 1 fully saturated rings. The second-order valence-electron chi connectivity index (χ2n) is 5.68. The van der Waals surface area contributed by atoms with Crippen LogP contribution in [-0.4, -0.2) is 29.7 Å². The van der Waals surface area contributed by atoms with Gasteiger partial charge in [-0.15, -0.1) is 0 Å². The van der Waals surface area contributed by atoms with Crippen molar-refractivity contribution < 1.29 is 9.90 Å². The lowest BCUT2D eigenvalue weighted by molar-refractivity contribution is -0.129. The number of hydrogen-bond acceptors (Lipinski definition) is 3. The summed E-state index contributed by atoms with van der Waals surface area (Å²) in [5.41, 5.74) is 5.35. The Bertz CT molecular complexity index is 247. The molecule has 0 aliphatic heterocycles. The molecule has 1 amide bonds. The zero-order valence-corrected chi connectivity index (χ0v) is 10.4. The van der Waals surface area contributed by atoms with Crippen LogP contribution in [0.2, 0.25) is 0 Å². The summed E-state index contributed by atoms with van der Waals surface area (Å²) in [6, 6.07) is 0. The van der Waals surface area contributed by atoms with Crippen molar-refractivity contribution >= 4 is 5.91 Å². The molecule has 0 aromatic rings. The molecular formula is C12H24N2O2. The molecule has 0 spiro atoms. The molecule has 0 atom stereocenters. The zero-order valence-electron chi connectivity index (χ0n) is 10.4. The number of nitrogens with two attached hydrogens (primary N) is 1.